The Morgan fingerprint density at radius 2 is 1.00 bits per heavy atom. The maximum absolute atomic E-state index is 0. The van der Waals surface area contributed by atoms with Crippen molar-refractivity contribution in [3.05, 3.63) is 0 Å². The molecule has 0 amide bonds. The van der Waals surface area contributed by atoms with Crippen LogP contribution in [0.15, 0.2) is 0 Å². The van der Waals surface area contributed by atoms with Gasteiger partial charge in [0, 0.05) is 34.1 Å². The Balaban J connectivity index is 0. The summed E-state index contributed by atoms with van der Waals surface area (Å²) in [4.78, 5) is 0. The van der Waals surface area contributed by atoms with Crippen LogP contribution in [0.1, 0.15) is 0 Å². The van der Waals surface area contributed by atoms with Gasteiger partial charge in [-0.1, -0.05) is 0 Å². The molecule has 0 aliphatic heterocycles. The fourth-order valence-corrected chi connectivity index (χ4v) is 0. The van der Waals surface area contributed by atoms with E-state index in [0.29, 0.717) is 0 Å². The molecule has 0 spiro atoms. The molecular formula is H2FeMgMnO. The summed E-state index contributed by atoms with van der Waals surface area (Å²) in [5.74, 6) is 0. The first-order valence-electron chi connectivity index (χ1n) is 0. The summed E-state index contributed by atoms with van der Waals surface area (Å²) in [5.41, 5.74) is 0. The summed E-state index contributed by atoms with van der Waals surface area (Å²) in [6.45, 7) is 0. The molecule has 0 aromatic heterocycles. The van der Waals surface area contributed by atoms with Crippen molar-refractivity contribution in [2.75, 3.05) is 0 Å². The van der Waals surface area contributed by atoms with E-state index in [0.717, 1.165) is 0 Å². The molecular weight excluding hydrogens is 151 g/mol. The molecule has 1 radical (unpaired) electrons. The summed E-state index contributed by atoms with van der Waals surface area (Å²) < 4.78 is 0. The van der Waals surface area contributed by atoms with Crippen LogP contribution in [0.5, 0.6) is 0 Å². The quantitative estimate of drug-likeness (QED) is 0.418. The van der Waals surface area contributed by atoms with Crippen molar-refractivity contribution in [2.24, 2.45) is 0 Å². The topological polar surface area (TPSA) is 30.0 Å². The third-order valence-electron chi connectivity index (χ3n) is 0. The Morgan fingerprint density at radius 3 is 1.00 bits per heavy atom. The molecule has 0 aliphatic rings. The van der Waals surface area contributed by atoms with Crippen molar-refractivity contribution in [1.29, 1.82) is 0 Å². The van der Waals surface area contributed by atoms with Crippen LogP contribution in [0, 0.1) is 0 Å². The molecule has 0 aliphatic carbocycles. The standard InChI is InChI=1S/Fe.Mg.Mn.H2O.H/h;;;1H2;/q;+1;;;/p-1. The van der Waals surface area contributed by atoms with Crippen molar-refractivity contribution in [2.45, 2.75) is 0 Å². The second kappa shape index (κ2) is 21.7. The molecule has 1 nitrogen and oxygen atoms in total. The van der Waals surface area contributed by atoms with Gasteiger partial charge in [-0.05, 0) is 0 Å². The summed E-state index contributed by atoms with van der Waals surface area (Å²) in [5, 5.41) is 0. The minimum Gasteiger partial charge on any atom is -0.870 e. The second-order valence-electron chi connectivity index (χ2n) is 0. The van der Waals surface area contributed by atoms with Crippen molar-refractivity contribution in [3.8, 4) is 0 Å². The van der Waals surface area contributed by atoms with Crippen molar-refractivity contribution in [3.63, 3.8) is 0 Å². The molecule has 1 N–H and O–H groups in total. The van der Waals surface area contributed by atoms with Gasteiger partial charge in [0.2, 0.25) is 0 Å². The largest absolute Gasteiger partial charge is 0.870 e. The fourth-order valence-electron chi connectivity index (χ4n) is 0. The van der Waals surface area contributed by atoms with Crippen LogP contribution in [0.25, 0.3) is 0 Å². The van der Waals surface area contributed by atoms with Crippen molar-refractivity contribution in [1.82, 2.24) is 0 Å². The summed E-state index contributed by atoms with van der Waals surface area (Å²) in [6, 6.07) is 0. The first-order chi connectivity index (χ1) is 0. The van der Waals surface area contributed by atoms with Gasteiger partial charge in [-0.25, -0.2) is 0 Å². The van der Waals surface area contributed by atoms with Crippen LogP contribution in [-0.4, -0.2) is 28.5 Å². The predicted molar refractivity (Wildman–Crippen MR) is 9.08 cm³/mol. The van der Waals surface area contributed by atoms with Gasteiger partial charge in [-0.2, -0.15) is 0 Å². The summed E-state index contributed by atoms with van der Waals surface area (Å²) in [6.07, 6.45) is 0. The van der Waals surface area contributed by atoms with Gasteiger partial charge in [0.1, 0.15) is 0 Å². The Morgan fingerprint density at radius 1 is 1.00 bits per heavy atom. The molecule has 4 heteroatoms. The van der Waals surface area contributed by atoms with E-state index in [2.05, 4.69) is 0 Å². The van der Waals surface area contributed by atoms with Gasteiger partial charge in [-0.15, -0.1) is 0 Å². The van der Waals surface area contributed by atoms with Gasteiger partial charge in [-0.3, -0.25) is 0 Å². The third-order valence-corrected chi connectivity index (χ3v) is 0. The van der Waals surface area contributed by atoms with E-state index >= 15 is 0 Å². The molecule has 0 heterocycles. The fraction of sp³-hybridized carbons (Fsp3) is 0. The van der Waals surface area contributed by atoms with Crippen molar-refractivity contribution >= 4 is 23.1 Å². The zero-order valence-electron chi connectivity index (χ0n) is 2.18. The molecule has 0 unspecified atom stereocenters. The van der Waals surface area contributed by atoms with Crippen LogP contribution in [0.3, 0.4) is 0 Å². The average Bonchev–Trinajstić information content (AvgIpc) is 0. The van der Waals surface area contributed by atoms with E-state index in [1.165, 1.54) is 0 Å². The molecule has 0 fully saturated rings. The molecule has 0 bridgehead atoms. The second-order valence-corrected chi connectivity index (χ2v) is 0. The Hall–Kier alpha value is 1.77. The molecule has 0 saturated carbocycles. The van der Waals surface area contributed by atoms with Crippen LogP contribution < -0.4 is 0 Å². The molecule has 0 rings (SSSR count). The van der Waals surface area contributed by atoms with E-state index in [-0.39, 0.29) is 62.7 Å². The normalized spacial score (nSPS) is 0. The third kappa shape index (κ3) is 9.24. The summed E-state index contributed by atoms with van der Waals surface area (Å²) >= 11 is 0. The average molecular weight is 153 g/mol. The molecule has 0 saturated heterocycles. The Labute approximate surface area is 62.3 Å². The monoisotopic (exact) mass is 153 g/mol. The van der Waals surface area contributed by atoms with Crippen molar-refractivity contribution < 1.29 is 39.6 Å². The Bertz CT molecular complexity index is 8.00. The van der Waals surface area contributed by atoms with Gasteiger partial charge >= 0.3 is 23.1 Å². The molecule has 0 aromatic carbocycles. The van der Waals surface area contributed by atoms with E-state index in [1.54, 1.807) is 0 Å². The Kier molecular flexibility index (Phi) is 228. The molecule has 25 valence electrons. The zero-order chi connectivity index (χ0) is 0. The minimum absolute atomic E-state index is 0. The van der Waals surface area contributed by atoms with Gasteiger partial charge < -0.3 is 5.48 Å². The van der Waals surface area contributed by atoms with Crippen LogP contribution in [-0.2, 0) is 34.1 Å². The maximum atomic E-state index is 0. The predicted octanol–water partition coefficient (Wildman–Crippen LogP) is -0.830. The van der Waals surface area contributed by atoms with Gasteiger partial charge in [0.25, 0.3) is 0 Å². The zero-order valence-corrected chi connectivity index (χ0v) is 6.46. The number of hydrogen-bond donors (Lipinski definition) is 0. The SMILES string of the molecule is [Fe].[MgH+].[Mn].[OH-]. The molecule has 0 atom stereocenters. The first kappa shape index (κ1) is 42.0. The number of rotatable bonds is 0. The minimum atomic E-state index is 0. The van der Waals surface area contributed by atoms with Gasteiger partial charge in [0.05, 0.1) is 0 Å². The molecule has 0 aromatic rings. The first-order valence-corrected chi connectivity index (χ1v) is 0. The van der Waals surface area contributed by atoms with E-state index in [9.17, 15) is 0 Å². The smallest absolute Gasteiger partial charge is 0 e. The molecule has 4 heavy (non-hydrogen) atoms. The van der Waals surface area contributed by atoms with E-state index in [1.807, 2.05) is 0 Å². The van der Waals surface area contributed by atoms with Crippen LogP contribution >= 0.6 is 0 Å². The number of hydrogen-bond acceptors (Lipinski definition) is 1. The van der Waals surface area contributed by atoms with Gasteiger partial charge in [0.15, 0.2) is 0 Å². The van der Waals surface area contributed by atoms with E-state index < -0.39 is 0 Å². The van der Waals surface area contributed by atoms with Crippen LogP contribution in [0.4, 0.5) is 0 Å². The summed E-state index contributed by atoms with van der Waals surface area (Å²) in [7, 11) is 0. The maximum Gasteiger partial charge on any atom is 0 e. The van der Waals surface area contributed by atoms with E-state index in [4.69, 9.17) is 0 Å². The van der Waals surface area contributed by atoms with Crippen LogP contribution in [0.2, 0.25) is 0 Å².